The number of ether oxygens (including phenoxy) is 2. The molecule has 0 atom stereocenters. The molecule has 0 aliphatic rings. The number of rotatable bonds is 9. The molecule has 0 saturated heterocycles. The summed E-state index contributed by atoms with van der Waals surface area (Å²) in [5.74, 6) is 1.16. The minimum absolute atomic E-state index is 0.149. The topological polar surface area (TPSA) is 77.0 Å². The molecule has 0 spiro atoms. The third-order valence-electron chi connectivity index (χ3n) is 5.95. The second kappa shape index (κ2) is 10.7. The summed E-state index contributed by atoms with van der Waals surface area (Å²) in [5, 5.41) is 8.08. The minimum atomic E-state index is -3.81. The van der Waals surface area contributed by atoms with Gasteiger partial charge in [0, 0.05) is 0 Å². The van der Waals surface area contributed by atoms with Crippen LogP contribution in [0.3, 0.4) is 0 Å². The Balaban J connectivity index is 1.30. The molecule has 0 aromatic heterocycles. The van der Waals surface area contributed by atoms with Gasteiger partial charge in [-0.3, -0.25) is 0 Å². The lowest BCUT2D eigenvalue weighted by Crippen LogP contribution is -2.18. The first-order chi connectivity index (χ1) is 18.0. The van der Waals surface area contributed by atoms with Gasteiger partial charge in [-0.05, 0) is 69.9 Å². The van der Waals surface area contributed by atoms with Crippen molar-refractivity contribution in [2.45, 2.75) is 18.4 Å². The lowest BCUT2D eigenvalue weighted by molar-refractivity contribution is 0.270. The van der Waals surface area contributed by atoms with Crippen LogP contribution in [0, 0.1) is 0 Å². The highest BCUT2D eigenvalue weighted by Gasteiger charge is 2.13. The van der Waals surface area contributed by atoms with Gasteiger partial charge in [0.05, 0.1) is 17.7 Å². The number of hydrogen-bond donors (Lipinski definition) is 1. The van der Waals surface area contributed by atoms with E-state index in [0.717, 1.165) is 27.1 Å². The number of hydrogen-bond acceptors (Lipinski definition) is 5. The second-order valence-electron chi connectivity index (χ2n) is 8.43. The van der Waals surface area contributed by atoms with Crippen LogP contribution in [-0.2, 0) is 16.6 Å². The summed E-state index contributed by atoms with van der Waals surface area (Å²) in [6, 6.07) is 32.3. The fourth-order valence-electron chi connectivity index (χ4n) is 4.12. The lowest BCUT2D eigenvalue weighted by Gasteiger charge is -2.14. The molecule has 0 radical (unpaired) electrons. The molecule has 0 aliphatic carbocycles. The standard InChI is InChI=1S/C30H26N2O4S/c1-2-35-30-18-22(14-17-29(30)36-21-26-12-7-11-24-9-5-6-13-28(24)26)20-31-32-37(33,34)27-16-15-23-8-3-4-10-25(23)19-27/h3-20,32H,2,21H2,1H3/b31-20-. The summed E-state index contributed by atoms with van der Waals surface area (Å²) in [7, 11) is -3.81. The third kappa shape index (κ3) is 5.57. The molecule has 6 nitrogen and oxygen atoms in total. The molecule has 37 heavy (non-hydrogen) atoms. The van der Waals surface area contributed by atoms with E-state index in [-0.39, 0.29) is 4.90 Å². The van der Waals surface area contributed by atoms with Crippen LogP contribution < -0.4 is 14.3 Å². The van der Waals surface area contributed by atoms with E-state index in [1.807, 2.05) is 55.5 Å². The summed E-state index contributed by atoms with van der Waals surface area (Å²) >= 11 is 0. The summed E-state index contributed by atoms with van der Waals surface area (Å²) in [4.78, 5) is 2.44. The molecule has 186 valence electrons. The van der Waals surface area contributed by atoms with Crippen molar-refractivity contribution in [3.63, 3.8) is 0 Å². The van der Waals surface area contributed by atoms with Crippen molar-refractivity contribution in [1.82, 2.24) is 4.83 Å². The largest absolute Gasteiger partial charge is 0.490 e. The average molecular weight is 511 g/mol. The van der Waals surface area contributed by atoms with E-state index < -0.39 is 10.0 Å². The van der Waals surface area contributed by atoms with Crippen molar-refractivity contribution in [1.29, 1.82) is 0 Å². The Morgan fingerprint density at radius 2 is 1.51 bits per heavy atom. The van der Waals surface area contributed by atoms with Crippen LogP contribution in [0.1, 0.15) is 18.1 Å². The van der Waals surface area contributed by atoms with Crippen molar-refractivity contribution in [2.24, 2.45) is 5.10 Å². The van der Waals surface area contributed by atoms with Crippen molar-refractivity contribution >= 4 is 37.8 Å². The van der Waals surface area contributed by atoms with Gasteiger partial charge in [0.25, 0.3) is 10.0 Å². The Bertz CT molecular complexity index is 1690. The fourth-order valence-corrected chi connectivity index (χ4v) is 4.95. The first-order valence-corrected chi connectivity index (χ1v) is 13.4. The van der Waals surface area contributed by atoms with E-state index in [4.69, 9.17) is 9.47 Å². The predicted octanol–water partition coefficient (Wildman–Crippen LogP) is 6.28. The number of hydrazone groups is 1. The summed E-state index contributed by atoms with van der Waals surface area (Å²) in [5.41, 5.74) is 1.75. The maximum atomic E-state index is 12.7. The predicted molar refractivity (Wildman–Crippen MR) is 148 cm³/mol. The van der Waals surface area contributed by atoms with Gasteiger partial charge in [-0.1, -0.05) is 72.8 Å². The van der Waals surface area contributed by atoms with E-state index in [9.17, 15) is 8.42 Å². The van der Waals surface area contributed by atoms with Gasteiger partial charge >= 0.3 is 0 Å². The van der Waals surface area contributed by atoms with Crippen molar-refractivity contribution in [3.05, 3.63) is 114 Å². The van der Waals surface area contributed by atoms with E-state index >= 15 is 0 Å². The van der Waals surface area contributed by atoms with E-state index in [0.29, 0.717) is 30.3 Å². The van der Waals surface area contributed by atoms with Crippen LogP contribution in [0.15, 0.2) is 113 Å². The molecule has 5 aromatic carbocycles. The molecule has 5 aromatic rings. The van der Waals surface area contributed by atoms with Crippen LogP contribution in [0.2, 0.25) is 0 Å². The quantitative estimate of drug-likeness (QED) is 0.187. The van der Waals surface area contributed by atoms with E-state index in [2.05, 4.69) is 28.1 Å². The third-order valence-corrected chi connectivity index (χ3v) is 7.17. The van der Waals surface area contributed by atoms with Gasteiger partial charge in [0.2, 0.25) is 0 Å². The van der Waals surface area contributed by atoms with Gasteiger partial charge < -0.3 is 9.47 Å². The molecule has 1 N–H and O–H groups in total. The Morgan fingerprint density at radius 3 is 2.35 bits per heavy atom. The molecule has 0 saturated carbocycles. The second-order valence-corrected chi connectivity index (χ2v) is 10.1. The summed E-state index contributed by atoms with van der Waals surface area (Å²) < 4.78 is 37.4. The van der Waals surface area contributed by atoms with Gasteiger partial charge in [-0.15, -0.1) is 0 Å². The zero-order valence-corrected chi connectivity index (χ0v) is 21.1. The molecule has 0 unspecified atom stereocenters. The van der Waals surface area contributed by atoms with E-state index in [1.54, 1.807) is 36.4 Å². The Labute approximate surface area is 216 Å². The SMILES string of the molecule is CCOc1cc(/C=N\NS(=O)(=O)c2ccc3ccccc3c2)ccc1OCc1cccc2ccccc12. The maximum Gasteiger partial charge on any atom is 0.276 e. The van der Waals surface area contributed by atoms with Gasteiger partial charge in [0.1, 0.15) is 6.61 Å². The monoisotopic (exact) mass is 510 g/mol. The average Bonchev–Trinajstić information content (AvgIpc) is 2.92. The van der Waals surface area contributed by atoms with E-state index in [1.165, 1.54) is 6.21 Å². The molecular formula is C30H26N2O4S. The number of nitrogens with one attached hydrogen (secondary N) is 1. The Hall–Kier alpha value is -4.36. The number of sulfonamides is 1. The first-order valence-electron chi connectivity index (χ1n) is 11.9. The Morgan fingerprint density at radius 1 is 0.757 bits per heavy atom. The van der Waals surface area contributed by atoms with Crippen molar-refractivity contribution < 1.29 is 17.9 Å². The highest BCUT2D eigenvalue weighted by molar-refractivity contribution is 7.89. The molecule has 7 heteroatoms. The highest BCUT2D eigenvalue weighted by atomic mass is 32.2. The smallest absolute Gasteiger partial charge is 0.276 e. The molecule has 0 bridgehead atoms. The van der Waals surface area contributed by atoms with Crippen LogP contribution >= 0.6 is 0 Å². The van der Waals surface area contributed by atoms with Crippen LogP contribution in [0.25, 0.3) is 21.5 Å². The lowest BCUT2D eigenvalue weighted by atomic mass is 10.1. The van der Waals surface area contributed by atoms with Crippen molar-refractivity contribution in [2.75, 3.05) is 6.61 Å². The molecule has 0 heterocycles. The number of benzene rings is 5. The summed E-state index contributed by atoms with van der Waals surface area (Å²) in [6.45, 7) is 2.74. The fraction of sp³-hybridized carbons (Fsp3) is 0.100. The molecule has 0 aliphatic heterocycles. The number of nitrogens with zero attached hydrogens (tertiary/aromatic N) is 1. The molecule has 0 fully saturated rings. The number of fused-ring (bicyclic) bond motifs is 2. The molecular weight excluding hydrogens is 484 g/mol. The van der Waals surface area contributed by atoms with Gasteiger partial charge in [0.15, 0.2) is 11.5 Å². The summed E-state index contributed by atoms with van der Waals surface area (Å²) in [6.07, 6.45) is 1.44. The van der Waals surface area contributed by atoms with Crippen molar-refractivity contribution in [3.8, 4) is 11.5 Å². The first kappa shape index (κ1) is 24.3. The Kier molecular flexibility index (Phi) is 7.05. The van der Waals surface area contributed by atoms with Gasteiger partial charge in [-0.25, -0.2) is 4.83 Å². The molecule has 5 rings (SSSR count). The molecule has 0 amide bonds. The van der Waals surface area contributed by atoms with Gasteiger partial charge in [-0.2, -0.15) is 13.5 Å². The van der Waals surface area contributed by atoms with Crippen LogP contribution in [0.4, 0.5) is 0 Å². The van der Waals surface area contributed by atoms with Crippen LogP contribution in [0.5, 0.6) is 11.5 Å². The zero-order valence-electron chi connectivity index (χ0n) is 20.3. The minimum Gasteiger partial charge on any atom is -0.490 e. The van der Waals surface area contributed by atoms with Crippen LogP contribution in [-0.4, -0.2) is 21.2 Å². The normalized spacial score (nSPS) is 11.7. The zero-order chi connectivity index (χ0) is 25.7. The maximum absolute atomic E-state index is 12.7. The highest BCUT2D eigenvalue weighted by Crippen LogP contribution is 2.30.